The fourth-order valence-corrected chi connectivity index (χ4v) is 1.67. The van der Waals surface area contributed by atoms with Crippen molar-refractivity contribution < 1.29 is 18.7 Å². The Kier molecular flexibility index (Phi) is 4.84. The Hall–Kier alpha value is -2.47. The van der Waals surface area contributed by atoms with Crippen molar-refractivity contribution in [3.8, 4) is 0 Å². The number of esters is 1. The van der Waals surface area contributed by atoms with E-state index in [1.807, 2.05) is 0 Å². The standard InChI is InChI=1S/C14H10ClFN2O3/c15-12-7-9(5-6-17-12)14(20)21-8-13(19)18-11-4-2-1-3-10(11)16/h1-7H,8H2,(H,18,19). The summed E-state index contributed by atoms with van der Waals surface area (Å²) in [6.45, 7) is -0.535. The number of pyridine rings is 1. The summed E-state index contributed by atoms with van der Waals surface area (Å²) >= 11 is 5.64. The SMILES string of the molecule is O=C(COC(=O)c1ccnc(Cl)c1)Nc1ccccc1F. The first-order valence-corrected chi connectivity index (χ1v) is 6.27. The minimum Gasteiger partial charge on any atom is -0.452 e. The van der Waals surface area contributed by atoms with Gasteiger partial charge in [0.25, 0.3) is 5.91 Å². The molecule has 0 saturated heterocycles. The minimum atomic E-state index is -0.719. The molecule has 1 amide bonds. The highest BCUT2D eigenvalue weighted by Gasteiger charge is 2.12. The minimum absolute atomic E-state index is 0.0190. The molecule has 2 aromatic rings. The van der Waals surface area contributed by atoms with Gasteiger partial charge in [-0.25, -0.2) is 14.2 Å². The quantitative estimate of drug-likeness (QED) is 0.696. The molecule has 0 aliphatic rings. The van der Waals surface area contributed by atoms with Crippen molar-refractivity contribution in [2.24, 2.45) is 0 Å². The first kappa shape index (κ1) is 14.9. The van der Waals surface area contributed by atoms with Crippen molar-refractivity contribution in [2.75, 3.05) is 11.9 Å². The highest BCUT2D eigenvalue weighted by atomic mass is 35.5. The molecule has 0 unspecified atom stereocenters. The van der Waals surface area contributed by atoms with Gasteiger partial charge in [-0.15, -0.1) is 0 Å². The van der Waals surface area contributed by atoms with Gasteiger partial charge in [0.05, 0.1) is 11.3 Å². The lowest BCUT2D eigenvalue weighted by Crippen LogP contribution is -2.21. The van der Waals surface area contributed by atoms with Crippen LogP contribution in [0.15, 0.2) is 42.6 Å². The molecule has 108 valence electrons. The van der Waals surface area contributed by atoms with E-state index in [1.54, 1.807) is 6.07 Å². The highest BCUT2D eigenvalue weighted by Crippen LogP contribution is 2.12. The molecule has 1 aromatic carbocycles. The molecular weight excluding hydrogens is 299 g/mol. The zero-order chi connectivity index (χ0) is 15.2. The van der Waals surface area contributed by atoms with Crippen LogP contribution in [0.25, 0.3) is 0 Å². The van der Waals surface area contributed by atoms with E-state index in [0.29, 0.717) is 0 Å². The van der Waals surface area contributed by atoms with E-state index in [1.165, 1.54) is 36.5 Å². The van der Waals surface area contributed by atoms with Gasteiger partial charge in [0, 0.05) is 6.20 Å². The molecule has 0 fully saturated rings. The Bertz CT molecular complexity index is 679. The zero-order valence-electron chi connectivity index (χ0n) is 10.7. The van der Waals surface area contributed by atoms with Gasteiger partial charge in [-0.2, -0.15) is 0 Å². The third-order valence-corrected chi connectivity index (χ3v) is 2.65. The lowest BCUT2D eigenvalue weighted by Gasteiger charge is -2.07. The van der Waals surface area contributed by atoms with E-state index in [9.17, 15) is 14.0 Å². The van der Waals surface area contributed by atoms with Crippen LogP contribution in [0.2, 0.25) is 5.15 Å². The predicted molar refractivity (Wildman–Crippen MR) is 74.6 cm³/mol. The van der Waals surface area contributed by atoms with Gasteiger partial charge in [0.1, 0.15) is 11.0 Å². The maximum Gasteiger partial charge on any atom is 0.338 e. The van der Waals surface area contributed by atoms with Crippen LogP contribution in [0, 0.1) is 5.82 Å². The number of benzene rings is 1. The maximum absolute atomic E-state index is 13.3. The molecule has 0 radical (unpaired) electrons. The van der Waals surface area contributed by atoms with E-state index < -0.39 is 24.3 Å². The van der Waals surface area contributed by atoms with E-state index in [0.717, 1.165) is 0 Å². The van der Waals surface area contributed by atoms with Crippen LogP contribution in [0.5, 0.6) is 0 Å². The normalized spacial score (nSPS) is 10.0. The topological polar surface area (TPSA) is 68.3 Å². The number of amides is 1. The second-order valence-corrected chi connectivity index (χ2v) is 4.36. The third kappa shape index (κ3) is 4.25. The summed E-state index contributed by atoms with van der Waals surface area (Å²) in [5.41, 5.74) is 0.194. The Morgan fingerprint density at radius 2 is 2.05 bits per heavy atom. The van der Waals surface area contributed by atoms with Crippen LogP contribution in [0.1, 0.15) is 10.4 Å². The predicted octanol–water partition coefficient (Wildman–Crippen LogP) is 2.67. The number of nitrogens with zero attached hydrogens (tertiary/aromatic N) is 1. The van der Waals surface area contributed by atoms with Gasteiger partial charge >= 0.3 is 5.97 Å². The molecule has 2 rings (SSSR count). The van der Waals surface area contributed by atoms with Crippen LogP contribution in [0.3, 0.4) is 0 Å². The van der Waals surface area contributed by atoms with E-state index in [2.05, 4.69) is 10.3 Å². The van der Waals surface area contributed by atoms with Gasteiger partial charge in [-0.3, -0.25) is 4.79 Å². The lowest BCUT2D eigenvalue weighted by molar-refractivity contribution is -0.119. The molecular formula is C14H10ClFN2O3. The summed E-state index contributed by atoms with van der Waals surface area (Å²) in [4.78, 5) is 27.0. The molecule has 0 bridgehead atoms. The molecule has 1 aromatic heterocycles. The average molecular weight is 309 g/mol. The van der Waals surface area contributed by atoms with Crippen LogP contribution in [-0.4, -0.2) is 23.5 Å². The van der Waals surface area contributed by atoms with Crippen molar-refractivity contribution in [1.82, 2.24) is 4.98 Å². The average Bonchev–Trinajstić information content (AvgIpc) is 2.47. The zero-order valence-corrected chi connectivity index (χ0v) is 11.4. The Labute approximate surface area is 124 Å². The number of hydrogen-bond acceptors (Lipinski definition) is 4. The van der Waals surface area contributed by atoms with Gasteiger partial charge in [0.2, 0.25) is 0 Å². The first-order chi connectivity index (χ1) is 10.1. The van der Waals surface area contributed by atoms with Crippen LogP contribution >= 0.6 is 11.6 Å². The highest BCUT2D eigenvalue weighted by molar-refractivity contribution is 6.29. The number of anilines is 1. The second kappa shape index (κ2) is 6.81. The summed E-state index contributed by atoms with van der Waals surface area (Å²) in [6.07, 6.45) is 1.35. The summed E-state index contributed by atoms with van der Waals surface area (Å²) in [7, 11) is 0. The molecule has 1 N–H and O–H groups in total. The summed E-state index contributed by atoms with van der Waals surface area (Å²) < 4.78 is 18.1. The van der Waals surface area contributed by atoms with Crippen molar-refractivity contribution in [3.05, 3.63) is 59.1 Å². The van der Waals surface area contributed by atoms with Crippen LogP contribution < -0.4 is 5.32 Å². The first-order valence-electron chi connectivity index (χ1n) is 5.89. The Balaban J connectivity index is 1.90. The molecule has 7 heteroatoms. The number of carbonyl (C=O) groups excluding carboxylic acids is 2. The second-order valence-electron chi connectivity index (χ2n) is 3.97. The van der Waals surface area contributed by atoms with Gasteiger partial charge < -0.3 is 10.1 Å². The Morgan fingerprint density at radius 3 is 2.76 bits per heavy atom. The van der Waals surface area contributed by atoms with Crippen molar-refractivity contribution >= 4 is 29.2 Å². The molecule has 0 atom stereocenters. The van der Waals surface area contributed by atoms with Gasteiger partial charge in [-0.1, -0.05) is 23.7 Å². The summed E-state index contributed by atoms with van der Waals surface area (Å²) in [5.74, 6) is -1.94. The number of carbonyl (C=O) groups is 2. The maximum atomic E-state index is 13.3. The molecule has 5 nitrogen and oxygen atoms in total. The molecule has 1 heterocycles. The fraction of sp³-hybridized carbons (Fsp3) is 0.0714. The van der Waals surface area contributed by atoms with Crippen molar-refractivity contribution in [2.45, 2.75) is 0 Å². The van der Waals surface area contributed by atoms with Gasteiger partial charge in [0.15, 0.2) is 6.61 Å². The summed E-state index contributed by atoms with van der Waals surface area (Å²) in [6, 6.07) is 8.40. The van der Waals surface area contributed by atoms with Gasteiger partial charge in [-0.05, 0) is 24.3 Å². The van der Waals surface area contributed by atoms with Crippen LogP contribution in [-0.2, 0) is 9.53 Å². The number of halogens is 2. The molecule has 0 aliphatic heterocycles. The number of aromatic nitrogens is 1. The largest absolute Gasteiger partial charge is 0.452 e. The smallest absolute Gasteiger partial charge is 0.338 e. The number of nitrogens with one attached hydrogen (secondary N) is 1. The van der Waals surface area contributed by atoms with Crippen LogP contribution in [0.4, 0.5) is 10.1 Å². The number of rotatable bonds is 4. The molecule has 21 heavy (non-hydrogen) atoms. The molecule has 0 aliphatic carbocycles. The lowest BCUT2D eigenvalue weighted by atomic mass is 10.3. The van der Waals surface area contributed by atoms with Crippen molar-refractivity contribution in [1.29, 1.82) is 0 Å². The molecule has 0 spiro atoms. The van der Waals surface area contributed by atoms with E-state index in [-0.39, 0.29) is 16.4 Å². The Morgan fingerprint density at radius 1 is 1.29 bits per heavy atom. The molecule has 0 saturated carbocycles. The third-order valence-electron chi connectivity index (χ3n) is 2.44. The fourth-order valence-electron chi connectivity index (χ4n) is 1.49. The van der Waals surface area contributed by atoms with E-state index in [4.69, 9.17) is 16.3 Å². The number of hydrogen-bond donors (Lipinski definition) is 1. The number of para-hydroxylation sites is 1. The monoisotopic (exact) mass is 308 g/mol. The number of ether oxygens (including phenoxy) is 1. The summed E-state index contributed by atoms with van der Waals surface area (Å²) in [5, 5.41) is 2.44. The van der Waals surface area contributed by atoms with Crippen molar-refractivity contribution in [3.63, 3.8) is 0 Å². The van der Waals surface area contributed by atoms with E-state index >= 15 is 0 Å².